The Balaban J connectivity index is 2.66. The van der Waals surface area contributed by atoms with Gasteiger partial charge in [0.05, 0.1) is 13.2 Å². The van der Waals surface area contributed by atoms with Crippen molar-refractivity contribution in [2.75, 3.05) is 13.2 Å². The van der Waals surface area contributed by atoms with Gasteiger partial charge in [-0.3, -0.25) is 0 Å². The molecule has 2 heteroatoms. The SMILES string of the molecule is C=CCCCOOCC. The highest BCUT2D eigenvalue weighted by Gasteiger charge is 1.83. The van der Waals surface area contributed by atoms with E-state index in [-0.39, 0.29) is 0 Å². The fourth-order valence-electron chi connectivity index (χ4n) is 0.429. The summed E-state index contributed by atoms with van der Waals surface area (Å²) < 4.78 is 0. The van der Waals surface area contributed by atoms with E-state index in [1.165, 1.54) is 0 Å². The van der Waals surface area contributed by atoms with Crippen molar-refractivity contribution in [1.82, 2.24) is 0 Å². The maximum atomic E-state index is 4.74. The minimum absolute atomic E-state index is 0.619. The van der Waals surface area contributed by atoms with Gasteiger partial charge in [-0.05, 0) is 19.8 Å². The van der Waals surface area contributed by atoms with Crippen LogP contribution < -0.4 is 0 Å². The van der Waals surface area contributed by atoms with Crippen molar-refractivity contribution < 1.29 is 9.78 Å². The zero-order chi connectivity index (χ0) is 6.95. The molecule has 0 atom stereocenters. The maximum absolute atomic E-state index is 4.74. The van der Waals surface area contributed by atoms with E-state index in [1.807, 2.05) is 13.0 Å². The van der Waals surface area contributed by atoms with Gasteiger partial charge in [0.2, 0.25) is 0 Å². The highest BCUT2D eigenvalue weighted by molar-refractivity contribution is 4.64. The first-order chi connectivity index (χ1) is 4.41. The first kappa shape index (κ1) is 8.66. The van der Waals surface area contributed by atoms with Gasteiger partial charge in [-0.2, -0.15) is 0 Å². The van der Waals surface area contributed by atoms with Gasteiger partial charge >= 0.3 is 0 Å². The average Bonchev–Trinajstić information content (AvgIpc) is 1.89. The molecular formula is C7H14O2. The summed E-state index contributed by atoms with van der Waals surface area (Å²) in [5.74, 6) is 0. The lowest BCUT2D eigenvalue weighted by Crippen LogP contribution is -1.94. The number of rotatable bonds is 6. The molecule has 2 nitrogen and oxygen atoms in total. The summed E-state index contributed by atoms with van der Waals surface area (Å²) in [6.07, 6.45) is 3.85. The second-order valence-electron chi connectivity index (χ2n) is 1.66. The summed E-state index contributed by atoms with van der Waals surface area (Å²) in [6.45, 7) is 6.76. The Kier molecular flexibility index (Phi) is 7.37. The molecule has 0 aliphatic heterocycles. The molecule has 54 valence electrons. The van der Waals surface area contributed by atoms with Crippen LogP contribution in [0.4, 0.5) is 0 Å². The lowest BCUT2D eigenvalue weighted by Gasteiger charge is -1.97. The molecule has 0 rings (SSSR count). The molecule has 0 fully saturated rings. The Labute approximate surface area is 56.4 Å². The standard InChI is InChI=1S/C7H14O2/c1-3-5-6-7-9-8-4-2/h3H,1,4-7H2,2H3. The van der Waals surface area contributed by atoms with Gasteiger partial charge in [-0.1, -0.05) is 6.08 Å². The first-order valence-electron chi connectivity index (χ1n) is 3.27. The number of allylic oxidation sites excluding steroid dienone is 1. The van der Waals surface area contributed by atoms with Crippen LogP contribution in [0, 0.1) is 0 Å². The molecule has 0 spiro atoms. The van der Waals surface area contributed by atoms with Crippen LogP contribution in [0.2, 0.25) is 0 Å². The Bertz CT molecular complexity index is 61.9. The molecule has 0 aromatic rings. The van der Waals surface area contributed by atoms with Crippen molar-refractivity contribution in [3.8, 4) is 0 Å². The molecule has 0 radical (unpaired) electrons. The molecule has 9 heavy (non-hydrogen) atoms. The van der Waals surface area contributed by atoms with E-state index in [9.17, 15) is 0 Å². The zero-order valence-electron chi connectivity index (χ0n) is 5.93. The smallest absolute Gasteiger partial charge is 0.0825 e. The highest BCUT2D eigenvalue weighted by atomic mass is 17.2. The van der Waals surface area contributed by atoms with E-state index in [0.717, 1.165) is 12.8 Å². The maximum Gasteiger partial charge on any atom is 0.0825 e. The van der Waals surface area contributed by atoms with Crippen LogP contribution in [0.1, 0.15) is 19.8 Å². The van der Waals surface area contributed by atoms with Crippen LogP contribution in [-0.2, 0) is 9.78 Å². The van der Waals surface area contributed by atoms with E-state index in [0.29, 0.717) is 13.2 Å². The topological polar surface area (TPSA) is 18.5 Å². The van der Waals surface area contributed by atoms with Crippen molar-refractivity contribution in [1.29, 1.82) is 0 Å². The van der Waals surface area contributed by atoms with Gasteiger partial charge in [0.1, 0.15) is 0 Å². The summed E-state index contributed by atoms with van der Waals surface area (Å²) in [5, 5.41) is 0. The number of unbranched alkanes of at least 4 members (excludes halogenated alkanes) is 1. The molecule has 0 unspecified atom stereocenters. The molecule has 0 aliphatic rings. The normalized spacial score (nSPS) is 9.44. The van der Waals surface area contributed by atoms with Crippen LogP contribution in [0.3, 0.4) is 0 Å². The minimum atomic E-state index is 0.619. The number of hydrogen-bond acceptors (Lipinski definition) is 2. The van der Waals surface area contributed by atoms with Crippen LogP contribution in [0.15, 0.2) is 12.7 Å². The van der Waals surface area contributed by atoms with Gasteiger partial charge in [-0.25, -0.2) is 9.78 Å². The van der Waals surface area contributed by atoms with E-state index in [1.54, 1.807) is 0 Å². The quantitative estimate of drug-likeness (QED) is 0.237. The van der Waals surface area contributed by atoms with Crippen molar-refractivity contribution in [3.05, 3.63) is 12.7 Å². The fraction of sp³-hybridized carbons (Fsp3) is 0.714. The predicted molar refractivity (Wildman–Crippen MR) is 37.0 cm³/mol. The Morgan fingerprint density at radius 2 is 2.22 bits per heavy atom. The van der Waals surface area contributed by atoms with Gasteiger partial charge in [0.25, 0.3) is 0 Å². The van der Waals surface area contributed by atoms with Gasteiger partial charge in [0, 0.05) is 0 Å². The van der Waals surface area contributed by atoms with Crippen LogP contribution in [0.5, 0.6) is 0 Å². The Morgan fingerprint density at radius 3 is 2.78 bits per heavy atom. The third-order valence-electron chi connectivity index (χ3n) is 0.837. The largest absolute Gasteiger partial charge is 0.237 e. The summed E-state index contributed by atoms with van der Waals surface area (Å²) in [5.41, 5.74) is 0. The first-order valence-corrected chi connectivity index (χ1v) is 3.27. The third kappa shape index (κ3) is 7.66. The predicted octanol–water partition coefficient (Wildman–Crippen LogP) is 1.92. The van der Waals surface area contributed by atoms with Crippen LogP contribution in [0.25, 0.3) is 0 Å². The van der Waals surface area contributed by atoms with Crippen molar-refractivity contribution >= 4 is 0 Å². The van der Waals surface area contributed by atoms with E-state index < -0.39 is 0 Å². The molecule has 0 N–H and O–H groups in total. The van der Waals surface area contributed by atoms with Crippen molar-refractivity contribution in [2.45, 2.75) is 19.8 Å². The molecule has 0 aromatic carbocycles. The molecule has 0 saturated carbocycles. The Hall–Kier alpha value is -0.340. The monoisotopic (exact) mass is 130 g/mol. The lowest BCUT2D eigenvalue weighted by molar-refractivity contribution is -0.291. The van der Waals surface area contributed by atoms with Crippen molar-refractivity contribution in [3.63, 3.8) is 0 Å². The van der Waals surface area contributed by atoms with E-state index in [2.05, 4.69) is 11.5 Å². The third-order valence-corrected chi connectivity index (χ3v) is 0.837. The van der Waals surface area contributed by atoms with Gasteiger partial charge < -0.3 is 0 Å². The van der Waals surface area contributed by atoms with Crippen molar-refractivity contribution in [2.24, 2.45) is 0 Å². The molecule has 0 saturated heterocycles. The summed E-state index contributed by atoms with van der Waals surface area (Å²) in [6, 6.07) is 0. The summed E-state index contributed by atoms with van der Waals surface area (Å²) in [7, 11) is 0. The highest BCUT2D eigenvalue weighted by Crippen LogP contribution is 1.89. The second-order valence-corrected chi connectivity index (χ2v) is 1.66. The van der Waals surface area contributed by atoms with E-state index >= 15 is 0 Å². The number of hydrogen-bond donors (Lipinski definition) is 0. The summed E-state index contributed by atoms with van der Waals surface area (Å²) in [4.78, 5) is 9.38. The van der Waals surface area contributed by atoms with Gasteiger partial charge in [-0.15, -0.1) is 6.58 Å². The lowest BCUT2D eigenvalue weighted by atomic mass is 10.3. The molecule has 0 bridgehead atoms. The summed E-state index contributed by atoms with van der Waals surface area (Å²) >= 11 is 0. The second kappa shape index (κ2) is 7.66. The molecular weight excluding hydrogens is 116 g/mol. The molecule has 0 aliphatic carbocycles. The molecule has 0 amide bonds. The fourth-order valence-corrected chi connectivity index (χ4v) is 0.429. The Morgan fingerprint density at radius 1 is 1.44 bits per heavy atom. The van der Waals surface area contributed by atoms with Gasteiger partial charge in [0.15, 0.2) is 0 Å². The molecule has 0 heterocycles. The zero-order valence-corrected chi connectivity index (χ0v) is 5.93. The minimum Gasteiger partial charge on any atom is -0.237 e. The van der Waals surface area contributed by atoms with Crippen LogP contribution in [-0.4, -0.2) is 13.2 Å². The molecule has 0 aromatic heterocycles. The van der Waals surface area contributed by atoms with Crippen LogP contribution >= 0.6 is 0 Å². The average molecular weight is 130 g/mol. The van der Waals surface area contributed by atoms with E-state index in [4.69, 9.17) is 4.89 Å².